The number of hydrogen-bond acceptors (Lipinski definition) is 3. The van der Waals surface area contributed by atoms with Gasteiger partial charge < -0.3 is 19.7 Å². The molecule has 3 aromatic rings. The van der Waals surface area contributed by atoms with E-state index in [-0.39, 0.29) is 12.1 Å². The fraction of sp³-hybridized carbons (Fsp3) is 0.273. The minimum absolute atomic E-state index is 0.00772. The van der Waals surface area contributed by atoms with Crippen LogP contribution in [-0.2, 0) is 0 Å². The maximum absolute atomic E-state index is 5.75. The standard InChI is InChI=1S/C22H24BrN5S/c1-26(2)13-14-28-21(20(25-22(28)29)18-9-3-4-11-24-18)19-10-6-12-27(19)17-8-5-7-16(23)15-17/h3-12,15,20-21H,13-14H2,1-2H3,(H,25,29)/t20-,21+/m0/s1. The largest absolute Gasteiger partial charge is 0.352 e. The molecule has 0 saturated carbocycles. The molecule has 0 amide bonds. The van der Waals surface area contributed by atoms with E-state index in [9.17, 15) is 0 Å². The van der Waals surface area contributed by atoms with Gasteiger partial charge in [0, 0.05) is 41.3 Å². The summed E-state index contributed by atoms with van der Waals surface area (Å²) in [6.07, 6.45) is 3.95. The first-order valence-corrected chi connectivity index (χ1v) is 10.8. The topological polar surface area (TPSA) is 36.3 Å². The molecule has 0 spiro atoms. The summed E-state index contributed by atoms with van der Waals surface area (Å²) in [6, 6.07) is 18.7. The van der Waals surface area contributed by atoms with Crippen LogP contribution in [0.1, 0.15) is 23.5 Å². The smallest absolute Gasteiger partial charge is 0.170 e. The monoisotopic (exact) mass is 469 g/mol. The molecule has 1 aliphatic heterocycles. The molecular formula is C22H24BrN5S. The molecule has 1 fully saturated rings. The first-order valence-electron chi connectivity index (χ1n) is 9.60. The van der Waals surface area contributed by atoms with Crippen LogP contribution in [0.15, 0.2) is 71.5 Å². The zero-order valence-electron chi connectivity index (χ0n) is 16.5. The molecule has 7 heteroatoms. The van der Waals surface area contributed by atoms with Gasteiger partial charge in [0.15, 0.2) is 5.11 Å². The van der Waals surface area contributed by atoms with Gasteiger partial charge in [-0.1, -0.05) is 28.1 Å². The van der Waals surface area contributed by atoms with Crippen molar-refractivity contribution in [3.63, 3.8) is 0 Å². The van der Waals surface area contributed by atoms with E-state index in [4.69, 9.17) is 12.2 Å². The third-order valence-electron chi connectivity index (χ3n) is 5.16. The summed E-state index contributed by atoms with van der Waals surface area (Å²) in [4.78, 5) is 9.10. The molecule has 3 heterocycles. The molecule has 5 nitrogen and oxygen atoms in total. The second-order valence-corrected chi connectivity index (χ2v) is 8.71. The van der Waals surface area contributed by atoms with Gasteiger partial charge in [-0.25, -0.2) is 0 Å². The second kappa shape index (κ2) is 8.65. The van der Waals surface area contributed by atoms with Crippen LogP contribution >= 0.6 is 28.1 Å². The lowest BCUT2D eigenvalue weighted by atomic mass is 10.0. The summed E-state index contributed by atoms with van der Waals surface area (Å²) in [5.74, 6) is 0. The minimum atomic E-state index is -0.00772. The third-order valence-corrected chi connectivity index (χ3v) is 6.00. The minimum Gasteiger partial charge on any atom is -0.352 e. The summed E-state index contributed by atoms with van der Waals surface area (Å²) >= 11 is 9.35. The first kappa shape index (κ1) is 20.1. The Labute approximate surface area is 185 Å². The Morgan fingerprint density at radius 2 is 2.00 bits per heavy atom. The van der Waals surface area contributed by atoms with Crippen molar-refractivity contribution in [2.24, 2.45) is 0 Å². The van der Waals surface area contributed by atoms with E-state index in [0.29, 0.717) is 0 Å². The van der Waals surface area contributed by atoms with E-state index < -0.39 is 0 Å². The molecule has 0 aliphatic carbocycles. The molecule has 0 radical (unpaired) electrons. The molecule has 0 unspecified atom stereocenters. The van der Waals surface area contributed by atoms with Gasteiger partial charge >= 0.3 is 0 Å². The van der Waals surface area contributed by atoms with Crippen molar-refractivity contribution in [1.29, 1.82) is 0 Å². The quantitative estimate of drug-likeness (QED) is 0.548. The predicted octanol–water partition coefficient (Wildman–Crippen LogP) is 4.17. The van der Waals surface area contributed by atoms with Gasteiger partial charge in [-0.15, -0.1) is 0 Å². The molecule has 1 aromatic carbocycles. The van der Waals surface area contributed by atoms with Crippen LogP contribution in [0.25, 0.3) is 5.69 Å². The summed E-state index contributed by atoms with van der Waals surface area (Å²) in [6.45, 7) is 1.77. The van der Waals surface area contributed by atoms with E-state index in [1.807, 2.05) is 24.4 Å². The Balaban J connectivity index is 1.78. The lowest BCUT2D eigenvalue weighted by Crippen LogP contribution is -2.36. The van der Waals surface area contributed by atoms with Gasteiger partial charge in [0.1, 0.15) is 0 Å². The summed E-state index contributed by atoms with van der Waals surface area (Å²) in [5.41, 5.74) is 3.29. The van der Waals surface area contributed by atoms with Crippen molar-refractivity contribution < 1.29 is 0 Å². The van der Waals surface area contributed by atoms with E-state index in [2.05, 4.69) is 97.3 Å². The van der Waals surface area contributed by atoms with Crippen LogP contribution < -0.4 is 5.32 Å². The third kappa shape index (κ3) is 4.22. The maximum Gasteiger partial charge on any atom is 0.170 e. The molecule has 0 bridgehead atoms. The van der Waals surface area contributed by atoms with Gasteiger partial charge in [-0.3, -0.25) is 4.98 Å². The van der Waals surface area contributed by atoms with Gasteiger partial charge in [0.2, 0.25) is 0 Å². The van der Waals surface area contributed by atoms with Crippen molar-refractivity contribution in [2.75, 3.05) is 27.2 Å². The van der Waals surface area contributed by atoms with Crippen molar-refractivity contribution in [3.8, 4) is 5.69 Å². The Hall–Kier alpha value is -2.22. The van der Waals surface area contributed by atoms with E-state index in [1.165, 1.54) is 5.69 Å². The Morgan fingerprint density at radius 1 is 1.14 bits per heavy atom. The fourth-order valence-corrected chi connectivity index (χ4v) is 4.49. The molecular weight excluding hydrogens is 446 g/mol. The molecule has 2 atom stereocenters. The van der Waals surface area contributed by atoms with Crippen LogP contribution in [0, 0.1) is 0 Å². The van der Waals surface area contributed by atoms with Crippen molar-refractivity contribution in [2.45, 2.75) is 12.1 Å². The zero-order chi connectivity index (χ0) is 20.4. The maximum atomic E-state index is 5.75. The van der Waals surface area contributed by atoms with Gasteiger partial charge in [-0.2, -0.15) is 0 Å². The highest BCUT2D eigenvalue weighted by Crippen LogP contribution is 2.39. The molecule has 4 rings (SSSR count). The number of thiocarbonyl (C=S) groups is 1. The molecule has 1 N–H and O–H groups in total. The average molecular weight is 470 g/mol. The van der Waals surface area contributed by atoms with Crippen LogP contribution in [0.5, 0.6) is 0 Å². The second-order valence-electron chi connectivity index (χ2n) is 7.41. The fourth-order valence-electron chi connectivity index (χ4n) is 3.77. The number of likely N-dealkylation sites (N-methyl/N-ethyl adjacent to an activating group) is 1. The zero-order valence-corrected chi connectivity index (χ0v) is 18.9. The van der Waals surface area contributed by atoms with Crippen molar-refractivity contribution in [1.82, 2.24) is 24.7 Å². The van der Waals surface area contributed by atoms with E-state index >= 15 is 0 Å². The number of rotatable bonds is 6. The molecule has 1 saturated heterocycles. The van der Waals surface area contributed by atoms with Crippen molar-refractivity contribution >= 4 is 33.3 Å². The SMILES string of the molecule is CN(C)CCN1C(=S)N[C@@H](c2ccccn2)[C@H]1c1cccn1-c1cccc(Br)c1. The van der Waals surface area contributed by atoms with Gasteiger partial charge in [0.25, 0.3) is 0 Å². The Bertz CT molecular complexity index is 988. The molecule has 29 heavy (non-hydrogen) atoms. The lowest BCUT2D eigenvalue weighted by molar-refractivity contribution is 0.272. The summed E-state index contributed by atoms with van der Waals surface area (Å²) < 4.78 is 3.30. The van der Waals surface area contributed by atoms with Crippen LogP contribution in [0.2, 0.25) is 0 Å². The Morgan fingerprint density at radius 3 is 2.72 bits per heavy atom. The number of nitrogens with one attached hydrogen (secondary N) is 1. The number of nitrogens with zero attached hydrogens (tertiary/aromatic N) is 4. The highest BCUT2D eigenvalue weighted by atomic mass is 79.9. The number of pyridine rings is 1. The predicted molar refractivity (Wildman–Crippen MR) is 124 cm³/mol. The normalized spacial score (nSPS) is 19.0. The van der Waals surface area contributed by atoms with Crippen LogP contribution in [-0.4, -0.2) is 51.6 Å². The molecule has 2 aromatic heterocycles. The van der Waals surface area contributed by atoms with Crippen LogP contribution in [0.3, 0.4) is 0 Å². The highest BCUT2D eigenvalue weighted by Gasteiger charge is 2.41. The summed E-state index contributed by atoms with van der Waals surface area (Å²) in [5, 5.41) is 4.30. The average Bonchev–Trinajstić information content (AvgIpc) is 3.31. The van der Waals surface area contributed by atoms with E-state index in [1.54, 1.807) is 0 Å². The van der Waals surface area contributed by atoms with E-state index in [0.717, 1.165) is 34.1 Å². The van der Waals surface area contributed by atoms with Gasteiger partial charge in [0.05, 0.1) is 17.8 Å². The van der Waals surface area contributed by atoms with Crippen LogP contribution in [0.4, 0.5) is 0 Å². The number of aromatic nitrogens is 2. The number of hydrogen-bond donors (Lipinski definition) is 1. The molecule has 150 valence electrons. The highest BCUT2D eigenvalue weighted by molar-refractivity contribution is 9.10. The van der Waals surface area contributed by atoms with Gasteiger partial charge in [-0.05, 0) is 68.8 Å². The Kier molecular flexibility index (Phi) is 5.99. The summed E-state index contributed by atoms with van der Waals surface area (Å²) in [7, 11) is 4.17. The van der Waals surface area contributed by atoms with Crippen molar-refractivity contribution in [3.05, 3.63) is 82.9 Å². The molecule has 1 aliphatic rings. The first-order chi connectivity index (χ1) is 14.0. The lowest BCUT2D eigenvalue weighted by Gasteiger charge is -2.29. The number of halogens is 1. The number of benzene rings is 1.